The minimum Gasteiger partial charge on any atom is -0.459 e. The summed E-state index contributed by atoms with van der Waals surface area (Å²) in [5.41, 5.74) is 1.07. The number of benzene rings is 2. The summed E-state index contributed by atoms with van der Waals surface area (Å²) in [6.07, 6.45) is 2.55. The van der Waals surface area contributed by atoms with Crippen molar-refractivity contribution >= 4 is 35.6 Å². The highest BCUT2D eigenvalue weighted by molar-refractivity contribution is 7.71. The van der Waals surface area contributed by atoms with E-state index in [9.17, 15) is 14.4 Å². The number of nitrogens with zero attached hydrogens (tertiary/aromatic N) is 3. The van der Waals surface area contributed by atoms with Crippen LogP contribution in [-0.4, -0.2) is 44.0 Å². The Morgan fingerprint density at radius 2 is 2.00 bits per heavy atom. The van der Waals surface area contributed by atoms with Gasteiger partial charge in [0.2, 0.25) is 4.77 Å². The molecule has 10 nitrogen and oxygen atoms in total. The second kappa shape index (κ2) is 10.8. The van der Waals surface area contributed by atoms with Crippen molar-refractivity contribution in [1.29, 1.82) is 0 Å². The fraction of sp³-hybridized carbons (Fsp3) is 0.360. The fourth-order valence-electron chi connectivity index (χ4n) is 3.96. The Kier molecular flexibility index (Phi) is 7.58. The molecule has 2 N–H and O–H groups in total. The summed E-state index contributed by atoms with van der Waals surface area (Å²) >= 11 is 5.11. The molecule has 36 heavy (non-hydrogen) atoms. The molecular weight excluding hydrogens is 482 g/mol. The Hall–Kier alpha value is -3.86. The van der Waals surface area contributed by atoms with Crippen molar-refractivity contribution in [3.63, 3.8) is 0 Å². The first kappa shape index (κ1) is 25.2. The van der Waals surface area contributed by atoms with E-state index in [0.717, 1.165) is 24.1 Å². The standard InChI is InChI=1S/C25H27N5O5S/c1-16(26-18-6-5-7-19(14-18)30-24(36)27-28-29-30)22(32)34-15-17-9-11-20(12-10-17)35-23(33)25(2)13-4-3-8-21(25)31/h5-7,9-12,14,16,26H,3-4,8,13,15H2,1-2H3,(H,27,29,36). The number of rotatable bonds is 8. The summed E-state index contributed by atoms with van der Waals surface area (Å²) in [5, 5.41) is 13.2. The Balaban J connectivity index is 1.29. The van der Waals surface area contributed by atoms with Crippen molar-refractivity contribution in [3.8, 4) is 11.4 Å². The molecule has 3 aromatic rings. The minimum absolute atomic E-state index is 0.0598. The fourth-order valence-corrected chi connectivity index (χ4v) is 4.14. The molecule has 1 heterocycles. The summed E-state index contributed by atoms with van der Waals surface area (Å²) in [6.45, 7) is 3.41. The monoisotopic (exact) mass is 509 g/mol. The number of aromatic nitrogens is 4. The lowest BCUT2D eigenvalue weighted by Crippen LogP contribution is -2.41. The van der Waals surface area contributed by atoms with E-state index in [1.54, 1.807) is 44.2 Å². The Morgan fingerprint density at radius 1 is 1.22 bits per heavy atom. The van der Waals surface area contributed by atoms with E-state index in [2.05, 4.69) is 20.8 Å². The number of hydrogen-bond donors (Lipinski definition) is 2. The smallest absolute Gasteiger partial charge is 0.328 e. The minimum atomic E-state index is -1.09. The van der Waals surface area contributed by atoms with Crippen molar-refractivity contribution in [1.82, 2.24) is 20.2 Å². The largest absolute Gasteiger partial charge is 0.459 e. The molecule has 4 rings (SSSR count). The number of esters is 2. The zero-order valence-electron chi connectivity index (χ0n) is 20.0. The average molecular weight is 510 g/mol. The predicted molar refractivity (Wildman–Crippen MR) is 133 cm³/mol. The molecule has 188 valence electrons. The molecule has 0 amide bonds. The van der Waals surface area contributed by atoms with Gasteiger partial charge in [-0.3, -0.25) is 9.59 Å². The molecule has 1 saturated carbocycles. The van der Waals surface area contributed by atoms with E-state index >= 15 is 0 Å². The first-order chi connectivity index (χ1) is 17.3. The van der Waals surface area contributed by atoms with Crippen molar-refractivity contribution in [2.24, 2.45) is 5.41 Å². The van der Waals surface area contributed by atoms with Crippen LogP contribution in [0.2, 0.25) is 0 Å². The van der Waals surface area contributed by atoms with Gasteiger partial charge in [-0.25, -0.2) is 9.48 Å². The lowest BCUT2D eigenvalue weighted by molar-refractivity contribution is -0.153. The van der Waals surface area contributed by atoms with Crippen LogP contribution in [0.15, 0.2) is 48.5 Å². The second-order valence-corrected chi connectivity index (χ2v) is 9.30. The lowest BCUT2D eigenvalue weighted by Gasteiger charge is -2.29. The number of H-pyrrole nitrogens is 1. The van der Waals surface area contributed by atoms with E-state index in [-0.39, 0.29) is 17.2 Å². The normalized spacial score (nSPS) is 18.3. The van der Waals surface area contributed by atoms with Gasteiger partial charge in [-0.1, -0.05) is 34.9 Å². The highest BCUT2D eigenvalue weighted by Crippen LogP contribution is 2.34. The number of anilines is 1. The molecule has 0 saturated heterocycles. The Morgan fingerprint density at radius 3 is 2.69 bits per heavy atom. The van der Waals surface area contributed by atoms with Gasteiger partial charge in [0.1, 0.15) is 29.6 Å². The highest BCUT2D eigenvalue weighted by Gasteiger charge is 2.43. The third-order valence-corrected chi connectivity index (χ3v) is 6.49. The van der Waals surface area contributed by atoms with Crippen LogP contribution < -0.4 is 10.1 Å². The molecule has 0 spiro atoms. The number of aromatic amines is 1. The number of ether oxygens (including phenoxy) is 2. The molecule has 1 aliphatic carbocycles. The van der Waals surface area contributed by atoms with Crippen LogP contribution in [0.5, 0.6) is 5.75 Å². The molecule has 0 aliphatic heterocycles. The van der Waals surface area contributed by atoms with E-state index in [1.807, 2.05) is 18.2 Å². The average Bonchev–Trinajstić information content (AvgIpc) is 3.31. The SMILES string of the molecule is CC(Nc1cccc(-n2[nH]nnc2=S)c1)C(=O)OCc1ccc(OC(=O)C2(C)CCCCC2=O)cc1. The molecule has 1 aliphatic rings. The van der Waals surface area contributed by atoms with E-state index in [0.29, 0.717) is 24.3 Å². The second-order valence-electron chi connectivity index (χ2n) is 8.94. The molecule has 11 heteroatoms. The third kappa shape index (κ3) is 5.68. The van der Waals surface area contributed by atoms with Gasteiger partial charge >= 0.3 is 11.9 Å². The quantitative estimate of drug-likeness (QED) is 0.201. The number of hydrogen-bond acceptors (Lipinski definition) is 9. The number of nitrogens with one attached hydrogen (secondary N) is 2. The van der Waals surface area contributed by atoms with Crippen LogP contribution in [0.25, 0.3) is 5.69 Å². The number of carbonyl (C=O) groups excluding carboxylic acids is 3. The van der Waals surface area contributed by atoms with Gasteiger partial charge in [-0.05, 0) is 74.8 Å². The van der Waals surface area contributed by atoms with Crippen LogP contribution in [0, 0.1) is 10.2 Å². The van der Waals surface area contributed by atoms with Crippen molar-refractivity contribution in [3.05, 3.63) is 58.9 Å². The molecule has 0 bridgehead atoms. The Bertz CT molecular complexity index is 1320. The van der Waals surface area contributed by atoms with Gasteiger partial charge in [0.15, 0.2) is 0 Å². The third-order valence-electron chi connectivity index (χ3n) is 6.22. The Labute approximate surface area is 213 Å². The number of ketones is 1. The van der Waals surface area contributed by atoms with Gasteiger partial charge in [-0.2, -0.15) is 5.21 Å². The first-order valence-corrected chi connectivity index (χ1v) is 12.1. The van der Waals surface area contributed by atoms with Crippen molar-refractivity contribution in [2.75, 3.05) is 5.32 Å². The first-order valence-electron chi connectivity index (χ1n) is 11.6. The van der Waals surface area contributed by atoms with E-state index < -0.39 is 23.4 Å². The molecule has 2 unspecified atom stereocenters. The number of carbonyl (C=O) groups is 3. The zero-order chi connectivity index (χ0) is 25.7. The zero-order valence-corrected chi connectivity index (χ0v) is 20.8. The van der Waals surface area contributed by atoms with Crippen LogP contribution >= 0.6 is 12.2 Å². The van der Waals surface area contributed by atoms with E-state index in [4.69, 9.17) is 21.7 Å². The molecular formula is C25H27N5O5S. The molecule has 1 fully saturated rings. The lowest BCUT2D eigenvalue weighted by atomic mass is 9.74. The van der Waals surface area contributed by atoms with Crippen molar-refractivity contribution in [2.45, 2.75) is 52.2 Å². The molecule has 2 atom stereocenters. The predicted octanol–water partition coefficient (Wildman–Crippen LogP) is 3.92. The van der Waals surface area contributed by atoms with Crippen molar-refractivity contribution < 1.29 is 23.9 Å². The molecule has 0 radical (unpaired) electrons. The van der Waals surface area contributed by atoms with Gasteiger partial charge in [-0.15, -0.1) is 0 Å². The van der Waals surface area contributed by atoms with Crippen LogP contribution in [-0.2, 0) is 25.7 Å². The van der Waals surface area contributed by atoms with Gasteiger partial charge < -0.3 is 14.8 Å². The van der Waals surface area contributed by atoms with Gasteiger partial charge in [0.05, 0.1) is 5.69 Å². The van der Waals surface area contributed by atoms with Crippen LogP contribution in [0.3, 0.4) is 0 Å². The maximum absolute atomic E-state index is 12.6. The number of tetrazole rings is 1. The maximum Gasteiger partial charge on any atom is 0.328 e. The highest BCUT2D eigenvalue weighted by atomic mass is 32.1. The van der Waals surface area contributed by atoms with Crippen LogP contribution in [0.4, 0.5) is 5.69 Å². The van der Waals surface area contributed by atoms with Gasteiger partial charge in [0.25, 0.3) is 0 Å². The summed E-state index contributed by atoms with van der Waals surface area (Å²) < 4.78 is 12.7. The maximum atomic E-state index is 12.6. The molecule has 1 aromatic heterocycles. The summed E-state index contributed by atoms with van der Waals surface area (Å²) in [6, 6.07) is 13.3. The van der Waals surface area contributed by atoms with Gasteiger partial charge in [0, 0.05) is 12.1 Å². The number of Topliss-reactive ketones (excluding diaryl/α,β-unsaturated/α-hetero) is 1. The molecule has 2 aromatic carbocycles. The van der Waals surface area contributed by atoms with E-state index in [1.165, 1.54) is 4.68 Å². The summed E-state index contributed by atoms with van der Waals surface area (Å²) in [4.78, 5) is 37.3. The van der Waals surface area contributed by atoms with Crippen LogP contribution in [0.1, 0.15) is 45.1 Å². The topological polar surface area (TPSA) is 128 Å². The summed E-state index contributed by atoms with van der Waals surface area (Å²) in [5.74, 6) is -0.683. The summed E-state index contributed by atoms with van der Waals surface area (Å²) in [7, 11) is 0.